The summed E-state index contributed by atoms with van der Waals surface area (Å²) in [6.45, 7) is 12.2. The molecule has 3 N–H and O–H groups in total. The van der Waals surface area contributed by atoms with Gasteiger partial charge in [0.05, 0.1) is 12.6 Å². The zero-order valence-corrected chi connectivity index (χ0v) is 15.5. The average Bonchev–Trinajstić information content (AvgIpc) is 2.33. The van der Waals surface area contributed by atoms with Crippen LogP contribution in [0.5, 0.6) is 0 Å². The van der Waals surface area contributed by atoms with Crippen LogP contribution in [0.3, 0.4) is 0 Å². The number of nitrogens with one attached hydrogen (secondary N) is 3. The molecule has 2 unspecified atom stereocenters. The van der Waals surface area contributed by atoms with Gasteiger partial charge in [0.25, 0.3) is 0 Å². The monoisotopic (exact) mass is 331 g/mol. The molecule has 136 valence electrons. The highest BCUT2D eigenvalue weighted by molar-refractivity contribution is 5.74. The normalized spacial score (nSPS) is 14.1. The van der Waals surface area contributed by atoms with E-state index in [-0.39, 0.29) is 18.1 Å². The maximum absolute atomic E-state index is 12.0. The molecule has 0 spiro atoms. The van der Waals surface area contributed by atoms with Crippen molar-refractivity contribution in [2.75, 3.05) is 20.3 Å². The van der Waals surface area contributed by atoms with Gasteiger partial charge in [0.2, 0.25) is 0 Å². The third kappa shape index (κ3) is 12.7. The molecular weight excluding hydrogens is 298 g/mol. The average molecular weight is 331 g/mol. The first kappa shape index (κ1) is 21.5. The summed E-state index contributed by atoms with van der Waals surface area (Å²) in [4.78, 5) is 23.7. The van der Waals surface area contributed by atoms with E-state index >= 15 is 0 Å². The fraction of sp³-hybridized carbons (Fsp3) is 0.875. The molecule has 7 heteroatoms. The Morgan fingerprint density at radius 2 is 1.70 bits per heavy atom. The third-order valence-corrected chi connectivity index (χ3v) is 2.78. The van der Waals surface area contributed by atoms with E-state index in [1.807, 2.05) is 6.92 Å². The molecule has 2 atom stereocenters. The minimum atomic E-state index is -0.544. The highest BCUT2D eigenvalue weighted by atomic mass is 16.6. The molecule has 7 nitrogen and oxygen atoms in total. The van der Waals surface area contributed by atoms with Crippen molar-refractivity contribution in [3.63, 3.8) is 0 Å². The molecule has 0 rings (SSSR count). The number of amides is 3. The van der Waals surface area contributed by atoms with Gasteiger partial charge >= 0.3 is 12.1 Å². The fourth-order valence-corrected chi connectivity index (χ4v) is 2.03. The number of carbonyl (C=O) groups is 2. The minimum Gasteiger partial charge on any atom is -0.444 e. The molecule has 0 aliphatic heterocycles. The Labute approximate surface area is 139 Å². The van der Waals surface area contributed by atoms with Crippen LogP contribution >= 0.6 is 0 Å². The van der Waals surface area contributed by atoms with Gasteiger partial charge in [-0.25, -0.2) is 9.59 Å². The minimum absolute atomic E-state index is 0.0847. The van der Waals surface area contributed by atoms with Gasteiger partial charge in [-0.05, 0) is 40.0 Å². The zero-order valence-electron chi connectivity index (χ0n) is 15.5. The standard InChI is InChI=1S/C16H33N3O4/c1-11(2)8-13(9-17-15(21)23-16(4,5)6)19-14(20)18-12(3)10-22-7/h11-13H,8-10H2,1-7H3,(H,17,21)(H2,18,19,20). The molecular formula is C16H33N3O4. The highest BCUT2D eigenvalue weighted by Gasteiger charge is 2.19. The van der Waals surface area contributed by atoms with Crippen molar-refractivity contribution >= 4 is 12.1 Å². The van der Waals surface area contributed by atoms with Crippen molar-refractivity contribution in [2.24, 2.45) is 5.92 Å². The van der Waals surface area contributed by atoms with E-state index < -0.39 is 11.7 Å². The Kier molecular flexibility index (Phi) is 9.64. The molecule has 0 saturated heterocycles. The summed E-state index contributed by atoms with van der Waals surface area (Å²) in [5.41, 5.74) is -0.544. The lowest BCUT2D eigenvalue weighted by Gasteiger charge is -2.24. The van der Waals surface area contributed by atoms with E-state index in [0.717, 1.165) is 6.42 Å². The third-order valence-electron chi connectivity index (χ3n) is 2.78. The van der Waals surface area contributed by atoms with Gasteiger partial charge in [-0.3, -0.25) is 0 Å². The molecule has 0 aromatic rings. The maximum atomic E-state index is 12.0. The van der Waals surface area contributed by atoms with Gasteiger partial charge in [-0.1, -0.05) is 13.8 Å². The molecule has 0 aromatic carbocycles. The molecule has 0 aromatic heterocycles. The molecule has 0 aliphatic rings. The lowest BCUT2D eigenvalue weighted by Crippen LogP contribution is -2.51. The Hall–Kier alpha value is -1.50. The summed E-state index contributed by atoms with van der Waals surface area (Å²) in [5, 5.41) is 8.37. The van der Waals surface area contributed by atoms with Crippen LogP contribution in [0.25, 0.3) is 0 Å². The topological polar surface area (TPSA) is 88.7 Å². The largest absolute Gasteiger partial charge is 0.444 e. The number of hydrogen-bond acceptors (Lipinski definition) is 4. The predicted octanol–water partition coefficient (Wildman–Crippen LogP) is 2.26. The second-order valence-electron chi connectivity index (χ2n) is 7.18. The smallest absolute Gasteiger partial charge is 0.407 e. The van der Waals surface area contributed by atoms with E-state index in [9.17, 15) is 9.59 Å². The Balaban J connectivity index is 4.41. The van der Waals surface area contributed by atoms with Crippen LogP contribution in [0.2, 0.25) is 0 Å². The van der Waals surface area contributed by atoms with Crippen LogP contribution in [0.4, 0.5) is 9.59 Å². The molecule has 0 radical (unpaired) electrons. The summed E-state index contributed by atoms with van der Waals surface area (Å²) in [6.07, 6.45) is 0.267. The van der Waals surface area contributed by atoms with Gasteiger partial charge in [0, 0.05) is 19.7 Å². The second-order valence-corrected chi connectivity index (χ2v) is 7.18. The summed E-state index contributed by atoms with van der Waals surface area (Å²) in [6, 6.07) is -0.526. The van der Waals surface area contributed by atoms with E-state index in [2.05, 4.69) is 29.8 Å². The summed E-state index contributed by atoms with van der Waals surface area (Å²) >= 11 is 0. The van der Waals surface area contributed by atoms with Crippen molar-refractivity contribution in [1.82, 2.24) is 16.0 Å². The van der Waals surface area contributed by atoms with E-state index in [1.54, 1.807) is 27.9 Å². The van der Waals surface area contributed by atoms with E-state index in [0.29, 0.717) is 19.1 Å². The van der Waals surface area contributed by atoms with Crippen LogP contribution in [-0.4, -0.2) is 50.1 Å². The van der Waals surface area contributed by atoms with Crippen LogP contribution in [0.1, 0.15) is 48.0 Å². The number of urea groups is 1. The lowest BCUT2D eigenvalue weighted by molar-refractivity contribution is 0.0521. The summed E-state index contributed by atoms with van der Waals surface area (Å²) in [5.74, 6) is 0.386. The van der Waals surface area contributed by atoms with Crippen LogP contribution < -0.4 is 16.0 Å². The first-order valence-corrected chi connectivity index (χ1v) is 8.06. The number of alkyl carbamates (subject to hydrolysis) is 1. The van der Waals surface area contributed by atoms with Crippen molar-refractivity contribution < 1.29 is 19.1 Å². The molecule has 3 amide bonds. The maximum Gasteiger partial charge on any atom is 0.407 e. The van der Waals surface area contributed by atoms with Crippen molar-refractivity contribution in [1.29, 1.82) is 0 Å². The Morgan fingerprint density at radius 3 is 2.17 bits per heavy atom. The molecule has 0 heterocycles. The first-order chi connectivity index (χ1) is 10.5. The van der Waals surface area contributed by atoms with Crippen molar-refractivity contribution in [3.05, 3.63) is 0 Å². The summed E-state index contributed by atoms with van der Waals surface area (Å²) in [7, 11) is 1.59. The Morgan fingerprint density at radius 1 is 1.09 bits per heavy atom. The van der Waals surface area contributed by atoms with Crippen LogP contribution in [0, 0.1) is 5.92 Å². The van der Waals surface area contributed by atoms with Crippen LogP contribution in [0.15, 0.2) is 0 Å². The van der Waals surface area contributed by atoms with Crippen molar-refractivity contribution in [2.45, 2.75) is 65.6 Å². The molecule has 0 saturated carbocycles. The zero-order chi connectivity index (χ0) is 18.0. The van der Waals surface area contributed by atoms with Gasteiger partial charge in [-0.2, -0.15) is 0 Å². The number of rotatable bonds is 8. The van der Waals surface area contributed by atoms with E-state index in [4.69, 9.17) is 9.47 Å². The highest BCUT2D eigenvalue weighted by Crippen LogP contribution is 2.07. The second kappa shape index (κ2) is 10.3. The molecule has 0 fully saturated rings. The van der Waals surface area contributed by atoms with Gasteiger partial charge < -0.3 is 25.4 Å². The van der Waals surface area contributed by atoms with Crippen LogP contribution in [-0.2, 0) is 9.47 Å². The molecule has 0 aliphatic carbocycles. The quantitative estimate of drug-likeness (QED) is 0.636. The van der Waals surface area contributed by atoms with Gasteiger partial charge in [0.15, 0.2) is 0 Å². The predicted molar refractivity (Wildman–Crippen MR) is 90.5 cm³/mol. The first-order valence-electron chi connectivity index (χ1n) is 8.06. The van der Waals surface area contributed by atoms with E-state index in [1.165, 1.54) is 0 Å². The number of methoxy groups -OCH3 is 1. The van der Waals surface area contributed by atoms with Crippen molar-refractivity contribution in [3.8, 4) is 0 Å². The summed E-state index contributed by atoms with van der Waals surface area (Å²) < 4.78 is 10.2. The number of hydrogen-bond donors (Lipinski definition) is 3. The number of ether oxygens (including phenoxy) is 2. The van der Waals surface area contributed by atoms with Gasteiger partial charge in [0.1, 0.15) is 5.60 Å². The molecule has 0 bridgehead atoms. The van der Waals surface area contributed by atoms with Gasteiger partial charge in [-0.15, -0.1) is 0 Å². The lowest BCUT2D eigenvalue weighted by atomic mass is 10.0. The fourth-order valence-electron chi connectivity index (χ4n) is 2.03. The molecule has 23 heavy (non-hydrogen) atoms. The Bertz CT molecular complexity index is 367. The number of carbonyl (C=O) groups excluding carboxylic acids is 2. The SMILES string of the molecule is COCC(C)NC(=O)NC(CNC(=O)OC(C)(C)C)CC(C)C.